The van der Waals surface area contributed by atoms with Gasteiger partial charge in [0.15, 0.2) is 9.84 Å². The molecule has 2 aromatic rings. The van der Waals surface area contributed by atoms with Gasteiger partial charge < -0.3 is 5.32 Å². The van der Waals surface area contributed by atoms with E-state index in [2.05, 4.69) is 10.0 Å². The number of amides is 1. The molecule has 2 rings (SSSR count). The number of anilines is 1. The molecule has 0 unspecified atom stereocenters. The molecular formula is C16H18N2O5S2. The Labute approximate surface area is 147 Å². The Morgan fingerprint density at radius 3 is 1.88 bits per heavy atom. The molecule has 0 aliphatic rings. The molecule has 25 heavy (non-hydrogen) atoms. The zero-order valence-electron chi connectivity index (χ0n) is 13.7. The van der Waals surface area contributed by atoms with E-state index in [-0.39, 0.29) is 27.1 Å². The van der Waals surface area contributed by atoms with Gasteiger partial charge in [0.2, 0.25) is 0 Å². The maximum atomic E-state index is 12.4. The second-order valence-corrected chi connectivity index (χ2v) is 9.10. The summed E-state index contributed by atoms with van der Waals surface area (Å²) in [4.78, 5) is 11.6. The Kier molecular flexibility index (Phi) is 5.48. The van der Waals surface area contributed by atoms with E-state index in [9.17, 15) is 21.6 Å². The zero-order valence-corrected chi connectivity index (χ0v) is 15.3. The second kappa shape index (κ2) is 7.24. The van der Waals surface area contributed by atoms with Crippen LogP contribution in [0.1, 0.15) is 17.3 Å². The number of nitrogens with one attached hydrogen (secondary N) is 2. The standard InChI is InChI=1S/C16H18N2O5S2/c1-3-24(20,21)14-10-6-13(7-11-14)18-25(22,23)15-8-4-12(5-9-15)16(19)17-2/h4-11,18H,3H2,1-2H3,(H,17,19). The molecule has 0 spiro atoms. The molecule has 7 nitrogen and oxygen atoms in total. The highest BCUT2D eigenvalue weighted by Gasteiger charge is 2.16. The van der Waals surface area contributed by atoms with Crippen molar-refractivity contribution in [1.29, 1.82) is 0 Å². The van der Waals surface area contributed by atoms with Gasteiger partial charge in [0.25, 0.3) is 15.9 Å². The van der Waals surface area contributed by atoms with Crippen LogP contribution in [0.15, 0.2) is 58.3 Å². The molecule has 0 aliphatic heterocycles. The van der Waals surface area contributed by atoms with Gasteiger partial charge in [-0.3, -0.25) is 9.52 Å². The molecule has 0 saturated carbocycles. The first-order chi connectivity index (χ1) is 11.7. The minimum atomic E-state index is -3.85. The Hall–Kier alpha value is -2.39. The van der Waals surface area contributed by atoms with E-state index in [1.807, 2.05) is 0 Å². The molecule has 0 radical (unpaired) electrons. The van der Waals surface area contributed by atoms with Crippen LogP contribution in [0.3, 0.4) is 0 Å². The first-order valence-electron chi connectivity index (χ1n) is 7.37. The van der Waals surface area contributed by atoms with Crippen molar-refractivity contribution in [3.05, 3.63) is 54.1 Å². The minimum absolute atomic E-state index is 0.00888. The van der Waals surface area contributed by atoms with Crippen molar-refractivity contribution in [2.24, 2.45) is 0 Å². The molecule has 0 heterocycles. The topological polar surface area (TPSA) is 109 Å². The Balaban J connectivity index is 2.22. The smallest absolute Gasteiger partial charge is 0.261 e. The molecule has 0 fully saturated rings. The first kappa shape index (κ1) is 18.9. The summed E-state index contributed by atoms with van der Waals surface area (Å²) in [6.45, 7) is 1.54. The highest BCUT2D eigenvalue weighted by molar-refractivity contribution is 7.92. The lowest BCUT2D eigenvalue weighted by Gasteiger charge is -2.09. The lowest BCUT2D eigenvalue weighted by molar-refractivity contribution is 0.0963. The van der Waals surface area contributed by atoms with Crippen molar-refractivity contribution in [3.63, 3.8) is 0 Å². The number of rotatable bonds is 6. The largest absolute Gasteiger partial charge is 0.355 e. The maximum Gasteiger partial charge on any atom is 0.261 e. The number of hydrogen-bond donors (Lipinski definition) is 2. The van der Waals surface area contributed by atoms with Gasteiger partial charge in [-0.25, -0.2) is 16.8 Å². The van der Waals surface area contributed by atoms with Crippen LogP contribution in [0.4, 0.5) is 5.69 Å². The average Bonchev–Trinajstić information content (AvgIpc) is 2.61. The predicted octanol–water partition coefficient (Wildman–Crippen LogP) is 1.64. The van der Waals surface area contributed by atoms with Crippen molar-refractivity contribution < 1.29 is 21.6 Å². The van der Waals surface area contributed by atoms with Crippen molar-refractivity contribution in [1.82, 2.24) is 5.32 Å². The highest BCUT2D eigenvalue weighted by atomic mass is 32.2. The van der Waals surface area contributed by atoms with Crippen molar-refractivity contribution in [2.75, 3.05) is 17.5 Å². The Bertz CT molecular complexity index is 964. The number of sulfonamides is 1. The fourth-order valence-corrected chi connectivity index (χ4v) is 3.98. The van der Waals surface area contributed by atoms with Crippen LogP contribution in [0.2, 0.25) is 0 Å². The number of sulfone groups is 1. The van der Waals surface area contributed by atoms with E-state index in [4.69, 9.17) is 0 Å². The molecule has 0 saturated heterocycles. The highest BCUT2D eigenvalue weighted by Crippen LogP contribution is 2.19. The third-order valence-corrected chi connectivity index (χ3v) is 6.65. The van der Waals surface area contributed by atoms with Crippen LogP contribution in [-0.2, 0) is 19.9 Å². The van der Waals surface area contributed by atoms with Crippen molar-refractivity contribution in [2.45, 2.75) is 16.7 Å². The summed E-state index contributed by atoms with van der Waals surface area (Å²) in [5, 5.41) is 2.45. The maximum absolute atomic E-state index is 12.4. The summed E-state index contributed by atoms with van der Waals surface area (Å²) in [6.07, 6.45) is 0. The predicted molar refractivity (Wildman–Crippen MR) is 94.8 cm³/mol. The van der Waals surface area contributed by atoms with Crippen LogP contribution in [0.25, 0.3) is 0 Å². The van der Waals surface area contributed by atoms with Crippen LogP contribution in [0.5, 0.6) is 0 Å². The van der Waals surface area contributed by atoms with E-state index >= 15 is 0 Å². The molecule has 2 aromatic carbocycles. The number of carbonyl (C=O) groups is 1. The quantitative estimate of drug-likeness (QED) is 0.789. The molecule has 134 valence electrons. The number of hydrogen-bond acceptors (Lipinski definition) is 5. The van der Waals surface area contributed by atoms with E-state index < -0.39 is 19.9 Å². The summed E-state index contributed by atoms with van der Waals surface area (Å²) in [5.41, 5.74) is 0.584. The van der Waals surface area contributed by atoms with Crippen molar-refractivity contribution in [3.8, 4) is 0 Å². The lowest BCUT2D eigenvalue weighted by Crippen LogP contribution is -2.18. The monoisotopic (exact) mass is 382 g/mol. The van der Waals surface area contributed by atoms with E-state index in [0.717, 1.165) is 0 Å². The fraction of sp³-hybridized carbons (Fsp3) is 0.188. The van der Waals surface area contributed by atoms with Gasteiger partial charge in [-0.1, -0.05) is 6.92 Å². The molecule has 0 aromatic heterocycles. The summed E-state index contributed by atoms with van der Waals surface area (Å²) < 4.78 is 50.6. The van der Waals surface area contributed by atoms with Gasteiger partial charge in [-0.05, 0) is 48.5 Å². The molecule has 0 atom stereocenters. The van der Waals surface area contributed by atoms with Crippen LogP contribution >= 0.6 is 0 Å². The number of benzene rings is 2. The van der Waals surface area contributed by atoms with E-state index in [1.54, 1.807) is 0 Å². The van der Waals surface area contributed by atoms with Gasteiger partial charge in [-0.2, -0.15) is 0 Å². The van der Waals surface area contributed by atoms with Crippen molar-refractivity contribution >= 4 is 31.5 Å². The average molecular weight is 382 g/mol. The minimum Gasteiger partial charge on any atom is -0.355 e. The SMILES string of the molecule is CCS(=O)(=O)c1ccc(NS(=O)(=O)c2ccc(C(=O)NC)cc2)cc1. The van der Waals surface area contributed by atoms with E-state index in [1.165, 1.54) is 62.5 Å². The Morgan fingerprint density at radius 2 is 1.40 bits per heavy atom. The van der Waals surface area contributed by atoms with Crippen LogP contribution < -0.4 is 10.0 Å². The molecule has 2 N–H and O–H groups in total. The first-order valence-corrected chi connectivity index (χ1v) is 10.5. The summed E-state index contributed by atoms with van der Waals surface area (Å²) in [7, 11) is -5.71. The molecule has 0 aliphatic carbocycles. The van der Waals surface area contributed by atoms with Gasteiger partial charge in [0, 0.05) is 18.3 Å². The molecule has 0 bridgehead atoms. The Morgan fingerprint density at radius 1 is 0.880 bits per heavy atom. The molecule has 1 amide bonds. The third-order valence-electron chi connectivity index (χ3n) is 3.50. The summed E-state index contributed by atoms with van der Waals surface area (Å²) in [6, 6.07) is 10.9. The zero-order chi connectivity index (χ0) is 18.7. The van der Waals surface area contributed by atoms with Gasteiger partial charge in [-0.15, -0.1) is 0 Å². The van der Waals surface area contributed by atoms with Crippen LogP contribution in [0, 0.1) is 0 Å². The number of carbonyl (C=O) groups excluding carboxylic acids is 1. The molecular weight excluding hydrogens is 364 g/mol. The summed E-state index contributed by atoms with van der Waals surface area (Å²) >= 11 is 0. The summed E-state index contributed by atoms with van der Waals surface area (Å²) in [5.74, 6) is -0.347. The lowest BCUT2D eigenvalue weighted by atomic mass is 10.2. The molecule has 9 heteroatoms. The normalized spacial score (nSPS) is 11.8. The third kappa shape index (κ3) is 4.37. The second-order valence-electron chi connectivity index (χ2n) is 5.14. The van der Waals surface area contributed by atoms with E-state index in [0.29, 0.717) is 5.56 Å². The van der Waals surface area contributed by atoms with Gasteiger partial charge in [0.05, 0.1) is 15.5 Å². The van der Waals surface area contributed by atoms with Crippen LogP contribution in [-0.4, -0.2) is 35.5 Å². The fourth-order valence-electron chi connectivity index (χ4n) is 2.04. The van der Waals surface area contributed by atoms with Gasteiger partial charge >= 0.3 is 0 Å². The van der Waals surface area contributed by atoms with Gasteiger partial charge in [0.1, 0.15) is 0 Å².